The number of carbonyl (C=O) groups is 1. The Morgan fingerprint density at radius 2 is 2.16 bits per heavy atom. The molecule has 19 heavy (non-hydrogen) atoms. The van der Waals surface area contributed by atoms with E-state index in [0.29, 0.717) is 11.3 Å². The van der Waals surface area contributed by atoms with E-state index in [9.17, 15) is 13.6 Å². The van der Waals surface area contributed by atoms with E-state index in [4.69, 9.17) is 0 Å². The molecule has 0 radical (unpaired) electrons. The van der Waals surface area contributed by atoms with Crippen molar-refractivity contribution in [2.24, 2.45) is 0 Å². The minimum Gasteiger partial charge on any atom is -0.345 e. The summed E-state index contributed by atoms with van der Waals surface area (Å²) in [5.74, 6) is -1.49. The van der Waals surface area contributed by atoms with Gasteiger partial charge in [0, 0.05) is 11.3 Å². The zero-order valence-electron chi connectivity index (χ0n) is 10.5. The monoisotopic (exact) mass is 265 g/mol. The summed E-state index contributed by atoms with van der Waals surface area (Å²) >= 11 is 0. The first-order valence-electron chi connectivity index (χ1n) is 5.75. The molecule has 0 saturated carbocycles. The van der Waals surface area contributed by atoms with Gasteiger partial charge in [0.1, 0.15) is 11.6 Å². The maximum atomic E-state index is 13.6. The van der Waals surface area contributed by atoms with Gasteiger partial charge < -0.3 is 5.32 Å². The molecule has 100 valence electrons. The molecule has 1 unspecified atom stereocenters. The van der Waals surface area contributed by atoms with Gasteiger partial charge in [-0.15, -0.1) is 0 Å². The molecule has 0 aliphatic heterocycles. The van der Waals surface area contributed by atoms with Crippen molar-refractivity contribution in [2.45, 2.75) is 19.9 Å². The highest BCUT2D eigenvalue weighted by molar-refractivity contribution is 5.95. The van der Waals surface area contributed by atoms with Gasteiger partial charge in [0.05, 0.1) is 17.8 Å². The van der Waals surface area contributed by atoms with Gasteiger partial charge in [0.25, 0.3) is 5.91 Å². The summed E-state index contributed by atoms with van der Waals surface area (Å²) in [6.45, 7) is 3.29. The molecule has 6 heteroatoms. The van der Waals surface area contributed by atoms with E-state index in [2.05, 4.69) is 15.5 Å². The van der Waals surface area contributed by atoms with Gasteiger partial charge in [-0.25, -0.2) is 8.78 Å². The lowest BCUT2D eigenvalue weighted by Crippen LogP contribution is -2.27. The van der Waals surface area contributed by atoms with Gasteiger partial charge in [0.2, 0.25) is 0 Å². The van der Waals surface area contributed by atoms with Crippen LogP contribution < -0.4 is 5.32 Å². The first kappa shape index (κ1) is 13.2. The normalized spacial score (nSPS) is 12.2. The summed E-state index contributed by atoms with van der Waals surface area (Å²) in [6.07, 6.45) is 1.39. The topological polar surface area (TPSA) is 57.8 Å². The van der Waals surface area contributed by atoms with Crippen LogP contribution in [0.15, 0.2) is 24.4 Å². The Morgan fingerprint density at radius 3 is 2.79 bits per heavy atom. The Balaban J connectivity index is 2.17. The van der Waals surface area contributed by atoms with Crippen LogP contribution in [0, 0.1) is 18.6 Å². The number of halogens is 2. The molecule has 1 atom stereocenters. The van der Waals surface area contributed by atoms with E-state index in [1.807, 2.05) is 0 Å². The molecule has 0 bridgehead atoms. The number of hydrogen-bond acceptors (Lipinski definition) is 2. The Labute approximate surface area is 108 Å². The molecule has 1 aromatic carbocycles. The first-order valence-corrected chi connectivity index (χ1v) is 5.75. The Kier molecular flexibility index (Phi) is 3.59. The maximum Gasteiger partial charge on any atom is 0.255 e. The highest BCUT2D eigenvalue weighted by Crippen LogP contribution is 2.18. The molecule has 4 nitrogen and oxygen atoms in total. The Morgan fingerprint density at radius 1 is 1.42 bits per heavy atom. The molecule has 1 amide bonds. The van der Waals surface area contributed by atoms with Gasteiger partial charge in [-0.1, -0.05) is 0 Å². The average Bonchev–Trinajstić information content (AvgIpc) is 2.78. The van der Waals surface area contributed by atoms with E-state index in [0.717, 1.165) is 18.2 Å². The molecule has 1 heterocycles. The standard InChI is InChI=1S/C13H13F2N3O/c1-7(10-5-9(14)3-4-12(10)15)17-13(19)11-6-16-18-8(11)2/h3-7H,1-2H3,(H,16,18)(H,17,19). The van der Waals surface area contributed by atoms with E-state index >= 15 is 0 Å². The van der Waals surface area contributed by atoms with Crippen molar-refractivity contribution < 1.29 is 13.6 Å². The number of hydrogen-bond donors (Lipinski definition) is 2. The molecular weight excluding hydrogens is 252 g/mol. The van der Waals surface area contributed by atoms with Gasteiger partial charge in [-0.05, 0) is 32.0 Å². The molecular formula is C13H13F2N3O. The number of aromatic nitrogens is 2. The van der Waals surface area contributed by atoms with Gasteiger partial charge in [-0.3, -0.25) is 9.89 Å². The van der Waals surface area contributed by atoms with Gasteiger partial charge in [-0.2, -0.15) is 5.10 Å². The van der Waals surface area contributed by atoms with Gasteiger partial charge in [0.15, 0.2) is 0 Å². The van der Waals surface area contributed by atoms with E-state index in [-0.39, 0.29) is 11.5 Å². The zero-order valence-corrected chi connectivity index (χ0v) is 10.5. The van der Waals surface area contributed by atoms with Crippen LogP contribution in [0.3, 0.4) is 0 Å². The minimum absolute atomic E-state index is 0.106. The lowest BCUT2D eigenvalue weighted by atomic mass is 10.1. The minimum atomic E-state index is -0.641. The van der Waals surface area contributed by atoms with Crippen LogP contribution in [0.2, 0.25) is 0 Å². The third-order valence-electron chi connectivity index (χ3n) is 2.85. The summed E-state index contributed by atoms with van der Waals surface area (Å²) in [7, 11) is 0. The van der Waals surface area contributed by atoms with Gasteiger partial charge >= 0.3 is 0 Å². The predicted octanol–water partition coefficient (Wildman–Crippen LogP) is 2.49. The van der Waals surface area contributed by atoms with Crippen LogP contribution in [0.4, 0.5) is 8.78 Å². The van der Waals surface area contributed by atoms with Crippen molar-refractivity contribution >= 4 is 5.91 Å². The van der Waals surface area contributed by atoms with Crippen molar-refractivity contribution in [3.05, 3.63) is 52.9 Å². The van der Waals surface area contributed by atoms with Crippen molar-refractivity contribution in [1.29, 1.82) is 0 Å². The fraction of sp³-hybridized carbons (Fsp3) is 0.231. The molecule has 1 aromatic heterocycles. The van der Waals surface area contributed by atoms with Crippen LogP contribution in [-0.2, 0) is 0 Å². The lowest BCUT2D eigenvalue weighted by Gasteiger charge is -2.15. The predicted molar refractivity (Wildman–Crippen MR) is 65.6 cm³/mol. The Bertz CT molecular complexity index is 610. The summed E-state index contributed by atoms with van der Waals surface area (Å²) in [6, 6.07) is 2.50. The number of rotatable bonds is 3. The van der Waals surface area contributed by atoms with Crippen LogP contribution in [-0.4, -0.2) is 16.1 Å². The molecule has 0 spiro atoms. The number of nitrogens with one attached hydrogen (secondary N) is 2. The fourth-order valence-electron chi connectivity index (χ4n) is 1.78. The van der Waals surface area contributed by atoms with E-state index < -0.39 is 17.7 Å². The van der Waals surface area contributed by atoms with E-state index in [1.165, 1.54) is 6.20 Å². The molecule has 0 saturated heterocycles. The highest BCUT2D eigenvalue weighted by atomic mass is 19.1. The summed E-state index contributed by atoms with van der Waals surface area (Å²) in [5, 5.41) is 8.97. The number of aryl methyl sites for hydroxylation is 1. The molecule has 0 aliphatic carbocycles. The molecule has 2 N–H and O–H groups in total. The molecule has 0 fully saturated rings. The number of aromatic amines is 1. The first-order chi connectivity index (χ1) is 8.99. The number of carbonyl (C=O) groups excluding carboxylic acids is 1. The summed E-state index contributed by atoms with van der Waals surface area (Å²) < 4.78 is 26.6. The second-order valence-corrected chi connectivity index (χ2v) is 4.27. The highest BCUT2D eigenvalue weighted by Gasteiger charge is 2.17. The third kappa shape index (κ3) is 2.78. The molecule has 0 aliphatic rings. The number of benzene rings is 1. The second kappa shape index (κ2) is 5.17. The number of H-pyrrole nitrogens is 1. The largest absolute Gasteiger partial charge is 0.345 e. The fourth-order valence-corrected chi connectivity index (χ4v) is 1.78. The van der Waals surface area contributed by atoms with Crippen LogP contribution in [0.25, 0.3) is 0 Å². The lowest BCUT2D eigenvalue weighted by molar-refractivity contribution is 0.0938. The summed E-state index contributed by atoms with van der Waals surface area (Å²) in [4.78, 5) is 11.9. The number of amides is 1. The Hall–Kier alpha value is -2.24. The van der Waals surface area contributed by atoms with Crippen LogP contribution in [0.1, 0.15) is 34.6 Å². The van der Waals surface area contributed by atoms with Crippen molar-refractivity contribution in [2.75, 3.05) is 0 Å². The van der Waals surface area contributed by atoms with Crippen molar-refractivity contribution in [3.63, 3.8) is 0 Å². The molecule has 2 rings (SSSR count). The smallest absolute Gasteiger partial charge is 0.255 e. The SMILES string of the molecule is Cc1[nH]ncc1C(=O)NC(C)c1cc(F)ccc1F. The van der Waals surface area contributed by atoms with Crippen LogP contribution in [0.5, 0.6) is 0 Å². The van der Waals surface area contributed by atoms with E-state index in [1.54, 1.807) is 13.8 Å². The van der Waals surface area contributed by atoms with Crippen molar-refractivity contribution in [3.8, 4) is 0 Å². The average molecular weight is 265 g/mol. The molecule has 2 aromatic rings. The summed E-state index contributed by atoms with van der Waals surface area (Å²) in [5.41, 5.74) is 1.10. The quantitative estimate of drug-likeness (QED) is 0.895. The zero-order chi connectivity index (χ0) is 14.0. The number of nitrogens with zero attached hydrogens (tertiary/aromatic N) is 1. The maximum absolute atomic E-state index is 13.6. The van der Waals surface area contributed by atoms with Crippen LogP contribution >= 0.6 is 0 Å². The second-order valence-electron chi connectivity index (χ2n) is 4.27. The third-order valence-corrected chi connectivity index (χ3v) is 2.85. The van der Waals surface area contributed by atoms with Crippen molar-refractivity contribution in [1.82, 2.24) is 15.5 Å².